The molecule has 1 aliphatic carbocycles. The van der Waals surface area contributed by atoms with E-state index in [1.807, 2.05) is 21.3 Å². The van der Waals surface area contributed by atoms with Crippen molar-refractivity contribution in [1.29, 1.82) is 0 Å². The fourth-order valence-electron chi connectivity index (χ4n) is 3.11. The normalized spacial score (nSPS) is 17.8. The summed E-state index contributed by atoms with van der Waals surface area (Å²) in [7, 11) is 0. The number of hydrogen-bond donors (Lipinski definition) is 0. The summed E-state index contributed by atoms with van der Waals surface area (Å²) in [4.78, 5) is 15.6. The van der Waals surface area contributed by atoms with Gasteiger partial charge in [0.05, 0.1) is 18.2 Å². The SMILES string of the molecule is CC(C)Sc1ccc(CC(=O)N2CC(n3cc(C4CC4)nn3)C2)cc1. The Morgan fingerprint density at radius 1 is 1.24 bits per heavy atom. The van der Waals surface area contributed by atoms with Gasteiger partial charge in [-0.25, -0.2) is 4.68 Å². The van der Waals surface area contributed by atoms with Gasteiger partial charge >= 0.3 is 0 Å². The van der Waals surface area contributed by atoms with E-state index in [4.69, 9.17) is 0 Å². The van der Waals surface area contributed by atoms with Gasteiger partial charge in [-0.15, -0.1) is 16.9 Å². The van der Waals surface area contributed by atoms with Crippen molar-refractivity contribution in [2.24, 2.45) is 0 Å². The molecule has 0 atom stereocenters. The highest BCUT2D eigenvalue weighted by Crippen LogP contribution is 2.39. The molecule has 2 fully saturated rings. The van der Waals surface area contributed by atoms with Crippen molar-refractivity contribution >= 4 is 17.7 Å². The van der Waals surface area contributed by atoms with Crippen molar-refractivity contribution in [3.05, 3.63) is 41.7 Å². The number of rotatable bonds is 6. The van der Waals surface area contributed by atoms with E-state index in [1.54, 1.807) is 0 Å². The van der Waals surface area contributed by atoms with Crippen molar-refractivity contribution in [3.63, 3.8) is 0 Å². The van der Waals surface area contributed by atoms with E-state index in [9.17, 15) is 4.79 Å². The lowest BCUT2D eigenvalue weighted by Gasteiger charge is -2.39. The first-order chi connectivity index (χ1) is 12.1. The number of hydrogen-bond acceptors (Lipinski definition) is 4. The zero-order valence-electron chi connectivity index (χ0n) is 14.8. The van der Waals surface area contributed by atoms with E-state index in [0.717, 1.165) is 24.3 Å². The lowest BCUT2D eigenvalue weighted by atomic mass is 10.1. The third-order valence-electron chi connectivity index (χ3n) is 4.76. The van der Waals surface area contributed by atoms with Gasteiger partial charge in [-0.3, -0.25) is 4.79 Å². The number of nitrogens with zero attached hydrogens (tertiary/aromatic N) is 4. The first-order valence-corrected chi connectivity index (χ1v) is 9.91. The molecule has 2 aromatic rings. The maximum absolute atomic E-state index is 12.4. The molecule has 1 saturated heterocycles. The number of benzene rings is 1. The van der Waals surface area contributed by atoms with Crippen LogP contribution >= 0.6 is 11.8 Å². The van der Waals surface area contributed by atoms with Gasteiger partial charge in [0.25, 0.3) is 0 Å². The Labute approximate surface area is 152 Å². The fourth-order valence-corrected chi connectivity index (χ4v) is 3.94. The Morgan fingerprint density at radius 3 is 2.60 bits per heavy atom. The Morgan fingerprint density at radius 2 is 1.96 bits per heavy atom. The van der Waals surface area contributed by atoms with Crippen LogP contribution in [0.25, 0.3) is 0 Å². The van der Waals surface area contributed by atoms with Gasteiger partial charge in [-0.1, -0.05) is 31.2 Å². The summed E-state index contributed by atoms with van der Waals surface area (Å²) >= 11 is 1.84. The maximum atomic E-state index is 12.4. The molecule has 2 aliphatic rings. The average Bonchev–Trinajstić information content (AvgIpc) is 3.27. The minimum absolute atomic E-state index is 0.197. The quantitative estimate of drug-likeness (QED) is 0.746. The summed E-state index contributed by atoms with van der Waals surface area (Å²) < 4.78 is 1.94. The smallest absolute Gasteiger partial charge is 0.227 e. The van der Waals surface area contributed by atoms with E-state index < -0.39 is 0 Å². The molecule has 1 aliphatic heterocycles. The van der Waals surface area contributed by atoms with Crippen LogP contribution in [-0.2, 0) is 11.2 Å². The molecule has 132 valence electrons. The second-order valence-electron chi connectivity index (χ2n) is 7.34. The number of thioether (sulfide) groups is 1. The van der Waals surface area contributed by atoms with Gasteiger partial charge in [0.2, 0.25) is 5.91 Å². The molecule has 5 nitrogen and oxygen atoms in total. The minimum atomic E-state index is 0.197. The van der Waals surface area contributed by atoms with E-state index in [-0.39, 0.29) is 11.9 Å². The van der Waals surface area contributed by atoms with Crippen LogP contribution in [0, 0.1) is 0 Å². The Kier molecular flexibility index (Phi) is 4.54. The molecule has 0 unspecified atom stereocenters. The zero-order chi connectivity index (χ0) is 17.4. The topological polar surface area (TPSA) is 51.0 Å². The number of likely N-dealkylation sites (tertiary alicyclic amines) is 1. The van der Waals surface area contributed by atoms with Crippen LogP contribution < -0.4 is 0 Å². The minimum Gasteiger partial charge on any atom is -0.338 e. The van der Waals surface area contributed by atoms with Crippen LogP contribution in [0.4, 0.5) is 0 Å². The summed E-state index contributed by atoms with van der Waals surface area (Å²) in [5.41, 5.74) is 2.20. The Hall–Kier alpha value is -1.82. The molecule has 2 heterocycles. The van der Waals surface area contributed by atoms with Crippen molar-refractivity contribution in [2.45, 2.75) is 55.2 Å². The van der Waals surface area contributed by atoms with Crippen LogP contribution in [-0.4, -0.2) is 44.1 Å². The Bertz CT molecular complexity index is 745. The molecule has 6 heteroatoms. The van der Waals surface area contributed by atoms with E-state index >= 15 is 0 Å². The lowest BCUT2D eigenvalue weighted by molar-refractivity contribution is -0.136. The molecule has 1 aromatic carbocycles. The highest BCUT2D eigenvalue weighted by molar-refractivity contribution is 7.99. The predicted molar refractivity (Wildman–Crippen MR) is 98.8 cm³/mol. The van der Waals surface area contributed by atoms with E-state index in [1.165, 1.54) is 17.7 Å². The average molecular weight is 356 g/mol. The fraction of sp³-hybridized carbons (Fsp3) is 0.526. The molecule has 0 N–H and O–H groups in total. The van der Waals surface area contributed by atoms with Crippen molar-refractivity contribution < 1.29 is 4.79 Å². The molecule has 0 bridgehead atoms. The van der Waals surface area contributed by atoms with Gasteiger partial charge in [0.1, 0.15) is 0 Å². The standard InChI is InChI=1S/C19H24N4OS/c1-13(2)25-17-7-3-14(4-8-17)9-19(24)22-10-16(11-22)23-12-18(20-21-23)15-5-6-15/h3-4,7-8,12-13,15-16H,5-6,9-11H2,1-2H3. The van der Waals surface area contributed by atoms with Crippen LogP contribution in [0.1, 0.15) is 49.9 Å². The van der Waals surface area contributed by atoms with Crippen LogP contribution in [0.2, 0.25) is 0 Å². The summed E-state index contributed by atoms with van der Waals surface area (Å²) in [6.07, 6.45) is 5.02. The molecule has 25 heavy (non-hydrogen) atoms. The maximum Gasteiger partial charge on any atom is 0.227 e. The molecular weight excluding hydrogens is 332 g/mol. The van der Waals surface area contributed by atoms with Crippen molar-refractivity contribution in [2.75, 3.05) is 13.1 Å². The van der Waals surface area contributed by atoms with E-state index in [0.29, 0.717) is 17.6 Å². The number of amides is 1. The summed E-state index contributed by atoms with van der Waals surface area (Å²) in [6.45, 7) is 5.86. The number of carbonyl (C=O) groups is 1. The molecule has 0 spiro atoms. The molecular formula is C19H24N4OS. The second kappa shape index (κ2) is 6.83. The lowest BCUT2D eigenvalue weighted by Crippen LogP contribution is -2.51. The highest BCUT2D eigenvalue weighted by Gasteiger charge is 2.34. The summed E-state index contributed by atoms with van der Waals surface area (Å²) in [6, 6.07) is 8.65. The van der Waals surface area contributed by atoms with Crippen LogP contribution in [0.5, 0.6) is 0 Å². The molecule has 1 saturated carbocycles. The van der Waals surface area contributed by atoms with Gasteiger partial charge < -0.3 is 4.90 Å². The predicted octanol–water partition coefficient (Wildman–Crippen LogP) is 3.28. The summed E-state index contributed by atoms with van der Waals surface area (Å²) in [5, 5.41) is 9.06. The van der Waals surface area contributed by atoms with Crippen LogP contribution in [0.3, 0.4) is 0 Å². The van der Waals surface area contributed by atoms with Gasteiger partial charge in [-0.2, -0.15) is 0 Å². The van der Waals surface area contributed by atoms with Gasteiger partial charge in [-0.05, 0) is 30.5 Å². The monoisotopic (exact) mass is 356 g/mol. The Balaban J connectivity index is 1.27. The van der Waals surface area contributed by atoms with Crippen LogP contribution in [0.15, 0.2) is 35.4 Å². The molecule has 4 rings (SSSR count). The first-order valence-electron chi connectivity index (χ1n) is 9.03. The third kappa shape index (κ3) is 3.89. The summed E-state index contributed by atoms with van der Waals surface area (Å²) in [5.74, 6) is 0.825. The highest BCUT2D eigenvalue weighted by atomic mass is 32.2. The molecule has 0 radical (unpaired) electrons. The van der Waals surface area contributed by atoms with Gasteiger partial charge in [0, 0.05) is 35.3 Å². The third-order valence-corrected chi connectivity index (χ3v) is 5.78. The van der Waals surface area contributed by atoms with Crippen molar-refractivity contribution in [1.82, 2.24) is 19.9 Å². The first kappa shape index (κ1) is 16.6. The van der Waals surface area contributed by atoms with Crippen molar-refractivity contribution in [3.8, 4) is 0 Å². The van der Waals surface area contributed by atoms with Gasteiger partial charge in [0.15, 0.2) is 0 Å². The number of carbonyl (C=O) groups excluding carboxylic acids is 1. The molecule has 1 amide bonds. The molecule has 1 aromatic heterocycles. The zero-order valence-corrected chi connectivity index (χ0v) is 15.6. The number of aromatic nitrogens is 3. The van der Waals surface area contributed by atoms with E-state index in [2.05, 4.69) is 54.6 Å². The largest absolute Gasteiger partial charge is 0.338 e. The second-order valence-corrected chi connectivity index (χ2v) is 8.99.